The molecule has 1 atom stereocenters. The maximum atomic E-state index is 12.2. The third-order valence-electron chi connectivity index (χ3n) is 3.13. The van der Waals surface area contributed by atoms with Gasteiger partial charge in [-0.25, -0.2) is 4.98 Å². The molecule has 0 amide bonds. The van der Waals surface area contributed by atoms with E-state index in [0.717, 1.165) is 5.56 Å². The lowest BCUT2D eigenvalue weighted by molar-refractivity contribution is -0.147. The van der Waals surface area contributed by atoms with Crippen molar-refractivity contribution in [3.63, 3.8) is 0 Å². The van der Waals surface area contributed by atoms with E-state index in [0.29, 0.717) is 22.3 Å². The zero-order valence-electron chi connectivity index (χ0n) is 11.6. The average Bonchev–Trinajstić information content (AvgIpc) is 2.50. The van der Waals surface area contributed by atoms with Crippen molar-refractivity contribution >= 4 is 29.2 Å². The van der Waals surface area contributed by atoms with E-state index in [2.05, 4.69) is 4.98 Å². The van der Waals surface area contributed by atoms with Crippen LogP contribution < -0.4 is 0 Å². The molecule has 1 aromatic carbocycles. The van der Waals surface area contributed by atoms with Gasteiger partial charge in [-0.05, 0) is 24.1 Å². The van der Waals surface area contributed by atoms with E-state index in [-0.39, 0.29) is 18.5 Å². The molecule has 1 unspecified atom stereocenters. The van der Waals surface area contributed by atoms with Crippen molar-refractivity contribution in [1.29, 1.82) is 0 Å². The summed E-state index contributed by atoms with van der Waals surface area (Å²) in [6.45, 7) is 1.96. The number of nitrogens with zero attached hydrogens (tertiary/aromatic N) is 1. The van der Waals surface area contributed by atoms with Gasteiger partial charge >= 0.3 is 5.97 Å². The first-order valence-corrected chi connectivity index (χ1v) is 7.40. The number of benzene rings is 1. The minimum Gasteiger partial charge on any atom is -0.459 e. The van der Waals surface area contributed by atoms with Gasteiger partial charge in [0, 0.05) is 0 Å². The molecule has 0 bridgehead atoms. The first-order chi connectivity index (χ1) is 10.1. The molecule has 5 heteroatoms. The Kier molecular flexibility index (Phi) is 5.59. The highest BCUT2D eigenvalue weighted by Gasteiger charge is 2.20. The molecule has 2 aromatic rings. The predicted octanol–water partition coefficient (Wildman–Crippen LogP) is 4.63. The highest BCUT2D eigenvalue weighted by molar-refractivity contribution is 6.32. The Morgan fingerprint density at radius 1 is 1.19 bits per heavy atom. The fourth-order valence-corrected chi connectivity index (χ4v) is 2.35. The second kappa shape index (κ2) is 7.43. The van der Waals surface area contributed by atoms with Crippen LogP contribution in [0.25, 0.3) is 0 Å². The molecular weight excluding hydrogens is 309 g/mol. The maximum absolute atomic E-state index is 12.2. The van der Waals surface area contributed by atoms with E-state index in [9.17, 15) is 4.79 Å². The van der Waals surface area contributed by atoms with Gasteiger partial charge in [-0.3, -0.25) is 4.79 Å². The number of carbonyl (C=O) groups is 1. The Labute approximate surface area is 133 Å². The number of carbonyl (C=O) groups excluding carboxylic acids is 1. The van der Waals surface area contributed by atoms with Crippen molar-refractivity contribution in [2.75, 3.05) is 0 Å². The summed E-state index contributed by atoms with van der Waals surface area (Å²) < 4.78 is 5.33. The van der Waals surface area contributed by atoms with Crippen LogP contribution in [0.2, 0.25) is 10.2 Å². The number of aromatic nitrogens is 1. The Hall–Kier alpha value is -1.58. The summed E-state index contributed by atoms with van der Waals surface area (Å²) in [5.74, 6) is -0.578. The van der Waals surface area contributed by atoms with Crippen LogP contribution >= 0.6 is 23.2 Å². The molecule has 3 nitrogen and oxygen atoms in total. The van der Waals surface area contributed by atoms with E-state index >= 15 is 0 Å². The zero-order valence-corrected chi connectivity index (χ0v) is 13.1. The standard InChI is InChI=1S/C16H15Cl2NO2/c1-2-12(11-6-4-3-5-7-11)16(20)21-10-14-13(17)8-9-15(18)19-14/h3-9,12H,2,10H2,1H3. The monoisotopic (exact) mass is 323 g/mol. The van der Waals surface area contributed by atoms with Crippen LogP contribution in [0.3, 0.4) is 0 Å². The van der Waals surface area contributed by atoms with Crippen LogP contribution in [-0.2, 0) is 16.1 Å². The van der Waals surface area contributed by atoms with Crippen molar-refractivity contribution in [3.8, 4) is 0 Å². The quantitative estimate of drug-likeness (QED) is 0.595. The van der Waals surface area contributed by atoms with E-state index < -0.39 is 0 Å². The van der Waals surface area contributed by atoms with Gasteiger partial charge in [0.15, 0.2) is 0 Å². The normalized spacial score (nSPS) is 12.0. The highest BCUT2D eigenvalue weighted by Crippen LogP contribution is 2.23. The number of esters is 1. The molecule has 0 spiro atoms. The molecule has 110 valence electrons. The zero-order chi connectivity index (χ0) is 15.2. The van der Waals surface area contributed by atoms with Gasteiger partial charge < -0.3 is 4.74 Å². The molecule has 1 aromatic heterocycles. The lowest BCUT2D eigenvalue weighted by atomic mass is 9.97. The average molecular weight is 324 g/mol. The molecule has 0 fully saturated rings. The second-order valence-electron chi connectivity index (χ2n) is 4.54. The van der Waals surface area contributed by atoms with Crippen LogP contribution in [-0.4, -0.2) is 11.0 Å². The third kappa shape index (κ3) is 4.19. The van der Waals surface area contributed by atoms with E-state index in [1.807, 2.05) is 37.3 Å². The van der Waals surface area contributed by atoms with Gasteiger partial charge in [0.25, 0.3) is 0 Å². The molecule has 0 N–H and O–H groups in total. The molecule has 0 aliphatic carbocycles. The minimum atomic E-state index is -0.290. The topological polar surface area (TPSA) is 39.2 Å². The molecule has 21 heavy (non-hydrogen) atoms. The lowest BCUT2D eigenvalue weighted by Crippen LogP contribution is -2.15. The van der Waals surface area contributed by atoms with Crippen molar-refractivity contribution in [2.24, 2.45) is 0 Å². The van der Waals surface area contributed by atoms with Crippen LogP contribution in [0.15, 0.2) is 42.5 Å². The number of hydrogen-bond acceptors (Lipinski definition) is 3. The number of pyridine rings is 1. The summed E-state index contributed by atoms with van der Waals surface area (Å²) in [5, 5.41) is 0.750. The molecule has 0 saturated heterocycles. The van der Waals surface area contributed by atoms with Crippen molar-refractivity contribution in [3.05, 3.63) is 63.9 Å². The first kappa shape index (κ1) is 15.8. The largest absolute Gasteiger partial charge is 0.459 e. The Balaban J connectivity index is 2.05. The highest BCUT2D eigenvalue weighted by atomic mass is 35.5. The Morgan fingerprint density at radius 2 is 1.90 bits per heavy atom. The van der Waals surface area contributed by atoms with Crippen molar-refractivity contribution < 1.29 is 9.53 Å². The SMILES string of the molecule is CCC(C(=O)OCc1nc(Cl)ccc1Cl)c1ccccc1. The summed E-state index contributed by atoms with van der Waals surface area (Å²) in [7, 11) is 0. The number of hydrogen-bond donors (Lipinski definition) is 0. The van der Waals surface area contributed by atoms with E-state index in [4.69, 9.17) is 27.9 Å². The van der Waals surface area contributed by atoms with Crippen LogP contribution in [0, 0.1) is 0 Å². The van der Waals surface area contributed by atoms with Crippen molar-refractivity contribution in [1.82, 2.24) is 4.98 Å². The van der Waals surface area contributed by atoms with Crippen LogP contribution in [0.1, 0.15) is 30.5 Å². The summed E-state index contributed by atoms with van der Waals surface area (Å²) in [5.41, 5.74) is 1.40. The fraction of sp³-hybridized carbons (Fsp3) is 0.250. The Bertz CT molecular complexity index is 617. The Morgan fingerprint density at radius 3 is 2.57 bits per heavy atom. The summed E-state index contributed by atoms with van der Waals surface area (Å²) in [4.78, 5) is 16.3. The molecule has 2 rings (SSSR count). The lowest BCUT2D eigenvalue weighted by Gasteiger charge is -2.14. The molecule has 1 heterocycles. The number of rotatable bonds is 5. The molecule has 0 aliphatic heterocycles. The number of halogens is 2. The smallest absolute Gasteiger partial charge is 0.313 e. The van der Waals surface area contributed by atoms with Gasteiger partial charge in [0.1, 0.15) is 11.8 Å². The molecule has 0 aliphatic rings. The first-order valence-electron chi connectivity index (χ1n) is 6.64. The predicted molar refractivity (Wildman–Crippen MR) is 83.5 cm³/mol. The maximum Gasteiger partial charge on any atom is 0.313 e. The second-order valence-corrected chi connectivity index (χ2v) is 5.34. The number of ether oxygens (including phenoxy) is 1. The minimum absolute atomic E-state index is 0.0154. The van der Waals surface area contributed by atoms with Crippen LogP contribution in [0.4, 0.5) is 0 Å². The van der Waals surface area contributed by atoms with Gasteiger partial charge in [0.2, 0.25) is 0 Å². The fourth-order valence-electron chi connectivity index (χ4n) is 2.02. The molecular formula is C16H15Cl2NO2. The van der Waals surface area contributed by atoms with Gasteiger partial charge in [-0.1, -0.05) is 60.5 Å². The summed E-state index contributed by atoms with van der Waals surface area (Å²) in [6.07, 6.45) is 0.666. The van der Waals surface area contributed by atoms with Gasteiger partial charge in [-0.15, -0.1) is 0 Å². The van der Waals surface area contributed by atoms with Crippen LogP contribution in [0.5, 0.6) is 0 Å². The van der Waals surface area contributed by atoms with Gasteiger partial charge in [-0.2, -0.15) is 0 Å². The van der Waals surface area contributed by atoms with Gasteiger partial charge in [0.05, 0.1) is 16.6 Å². The molecule has 0 saturated carbocycles. The summed E-state index contributed by atoms with van der Waals surface area (Å²) in [6, 6.07) is 12.8. The third-order valence-corrected chi connectivity index (χ3v) is 3.69. The van der Waals surface area contributed by atoms with E-state index in [1.165, 1.54) is 0 Å². The van der Waals surface area contributed by atoms with E-state index in [1.54, 1.807) is 12.1 Å². The van der Waals surface area contributed by atoms with Crippen molar-refractivity contribution in [2.45, 2.75) is 25.9 Å². The summed E-state index contributed by atoms with van der Waals surface area (Å²) >= 11 is 11.8. The molecule has 0 radical (unpaired) electrons.